The van der Waals surface area contributed by atoms with E-state index in [0.717, 1.165) is 15.1 Å². The maximum absolute atomic E-state index is 10.8. The van der Waals surface area contributed by atoms with Crippen LogP contribution in [0, 0.1) is 0 Å². The van der Waals surface area contributed by atoms with Gasteiger partial charge in [-0.15, -0.1) is 29.7 Å². The second-order valence-electron chi connectivity index (χ2n) is 9.17. The van der Waals surface area contributed by atoms with Crippen LogP contribution in [0.2, 0.25) is 0 Å². The summed E-state index contributed by atoms with van der Waals surface area (Å²) < 4.78 is 0. The molecule has 2 radical (unpaired) electrons. The molecule has 5 rings (SSSR count). The quantitative estimate of drug-likeness (QED) is 0.216. The number of carbonyl (C=O) groups is 1. The van der Waals surface area contributed by atoms with Gasteiger partial charge < -0.3 is 35.3 Å². The second kappa shape index (κ2) is 18.0. The minimum Gasteiger partial charge on any atom is -1.00 e. The number of fused-ring (bicyclic) bond motifs is 1. The number of benzene rings is 4. The van der Waals surface area contributed by atoms with Crippen molar-refractivity contribution in [3.8, 4) is 0 Å². The van der Waals surface area contributed by atoms with Crippen molar-refractivity contribution in [2.24, 2.45) is 0 Å². The van der Waals surface area contributed by atoms with Gasteiger partial charge in [-0.05, 0) is 22.6 Å². The molecule has 0 aliphatic rings. The molecule has 6 heteroatoms. The minimum atomic E-state index is -0.619. The maximum atomic E-state index is 10.8. The number of hydrogen-bond acceptors (Lipinski definition) is 1. The smallest absolute Gasteiger partial charge is 1.00 e. The predicted molar refractivity (Wildman–Crippen MR) is 151 cm³/mol. The molecule has 0 fully saturated rings. The van der Waals surface area contributed by atoms with Gasteiger partial charge in [0.2, 0.25) is 0 Å². The van der Waals surface area contributed by atoms with E-state index in [9.17, 15) is 4.79 Å². The third kappa shape index (κ3) is 12.0. The van der Waals surface area contributed by atoms with Crippen LogP contribution >= 0.6 is 0 Å². The molecule has 0 bridgehead atoms. The van der Waals surface area contributed by atoms with Crippen LogP contribution in [0.15, 0.2) is 127 Å². The summed E-state index contributed by atoms with van der Waals surface area (Å²) in [5.41, 5.74) is 8.57. The standard InChI is InChI=1S/C12H10Si.C11H15NO.C9H7.2ClH.Zr/c1-3-7-11(8-4-1)13-12-9-5-2-6-10-12;1-11(2,3)9-6-4-5-8(7-9)10(12)13;1-2-5-9-7-3-6-8(9)4-1;;;/h1-10H;4-7H,1-3H3,(H2,12,13);1-7H;2*1H;/q;;-1;;;+4/p-3. The Bertz CT molecular complexity index is 1270. The minimum absolute atomic E-state index is 0. The number of amides is 1. The molecule has 5 aromatic carbocycles. The first-order valence-electron chi connectivity index (χ1n) is 11.7. The van der Waals surface area contributed by atoms with E-state index >= 15 is 0 Å². The second-order valence-corrected chi connectivity index (χ2v) is 10.6. The van der Waals surface area contributed by atoms with Gasteiger partial charge in [0, 0.05) is 0 Å². The fraction of sp³-hybridized carbons (Fsp3) is 0.125. The molecule has 0 unspecified atom stereocenters. The number of carbonyl (C=O) groups excluding carboxylic acids is 1. The van der Waals surface area contributed by atoms with Gasteiger partial charge in [0.25, 0.3) is 0 Å². The average molecular weight is 636 g/mol. The summed E-state index contributed by atoms with van der Waals surface area (Å²) in [5.74, 6) is -0.619. The van der Waals surface area contributed by atoms with Gasteiger partial charge >= 0.3 is 26.2 Å². The first-order chi connectivity index (χ1) is 16.8. The van der Waals surface area contributed by atoms with Crippen molar-refractivity contribution in [2.75, 3.05) is 0 Å². The molecule has 0 spiro atoms. The predicted octanol–water partition coefficient (Wildman–Crippen LogP) is 1.08. The Morgan fingerprint density at radius 2 is 1.24 bits per heavy atom. The van der Waals surface area contributed by atoms with E-state index in [4.69, 9.17) is 5.73 Å². The summed E-state index contributed by atoms with van der Waals surface area (Å²) >= 11 is 0. The molecule has 0 heterocycles. The van der Waals surface area contributed by atoms with Gasteiger partial charge in [0.15, 0.2) is 0 Å². The Balaban J connectivity index is 0.000000527. The van der Waals surface area contributed by atoms with E-state index in [1.165, 1.54) is 21.1 Å². The molecule has 0 atom stereocenters. The third-order valence-electron chi connectivity index (χ3n) is 5.37. The summed E-state index contributed by atoms with van der Waals surface area (Å²) in [4.78, 5) is 10.8. The molecule has 1 N–H and O–H groups in total. The summed E-state index contributed by atoms with van der Waals surface area (Å²) in [6.45, 7) is 6.25. The van der Waals surface area contributed by atoms with Crippen LogP contribution in [0.25, 0.3) is 16.5 Å². The van der Waals surface area contributed by atoms with Crippen LogP contribution in [-0.2, 0) is 31.6 Å². The van der Waals surface area contributed by atoms with E-state index in [2.05, 4.69) is 124 Å². The number of halogens is 2. The molecule has 0 saturated carbocycles. The number of hydrogen-bond donors (Lipinski definition) is 0. The SMILES string of the molecule is CC(C)(C)c1cccc(C([NH-])=O)c1.[Cl-].[Cl-].[Zr+4].c1ccc([Si]c2ccccc2)cc1.c1ccc2[cH-]ccc2c1. The zero-order valence-electron chi connectivity index (χ0n) is 21.8. The van der Waals surface area contributed by atoms with E-state index in [0.29, 0.717) is 5.56 Å². The van der Waals surface area contributed by atoms with Crippen LogP contribution in [0.1, 0.15) is 36.7 Å². The van der Waals surface area contributed by atoms with Crippen LogP contribution in [0.4, 0.5) is 0 Å². The average Bonchev–Trinajstić information content (AvgIpc) is 3.35. The van der Waals surface area contributed by atoms with Gasteiger partial charge in [-0.1, -0.05) is 116 Å². The molecule has 2 nitrogen and oxygen atoms in total. The zero-order valence-corrected chi connectivity index (χ0v) is 26.8. The fourth-order valence-electron chi connectivity index (χ4n) is 3.41. The molecule has 0 aliphatic carbocycles. The Hall–Kier alpha value is -2.36. The molecular formula is C32H31Cl2NOSiZr. The van der Waals surface area contributed by atoms with Gasteiger partial charge in [-0.2, -0.15) is 17.5 Å². The van der Waals surface area contributed by atoms with Crippen molar-refractivity contribution in [1.29, 1.82) is 0 Å². The normalized spacial score (nSPS) is 9.66. The molecule has 1 amide bonds. The van der Waals surface area contributed by atoms with Crippen molar-refractivity contribution in [2.45, 2.75) is 26.2 Å². The summed E-state index contributed by atoms with van der Waals surface area (Å²) in [6.07, 6.45) is 0. The molecule has 0 aliphatic heterocycles. The monoisotopic (exact) mass is 633 g/mol. The fourth-order valence-corrected chi connectivity index (χ4v) is 4.46. The van der Waals surface area contributed by atoms with Crippen LogP contribution in [-0.4, -0.2) is 15.4 Å². The number of nitrogens with one attached hydrogen (secondary N) is 1. The van der Waals surface area contributed by atoms with Crippen molar-refractivity contribution >= 4 is 36.6 Å². The molecule has 0 saturated heterocycles. The van der Waals surface area contributed by atoms with E-state index in [1.54, 1.807) is 12.1 Å². The van der Waals surface area contributed by atoms with Crippen LogP contribution in [0.3, 0.4) is 0 Å². The van der Waals surface area contributed by atoms with Crippen molar-refractivity contribution in [3.05, 3.63) is 144 Å². The topological polar surface area (TPSA) is 40.9 Å². The molecule has 5 aromatic rings. The Morgan fingerprint density at radius 3 is 1.74 bits per heavy atom. The first-order valence-corrected chi connectivity index (χ1v) is 12.7. The zero-order chi connectivity index (χ0) is 25.1. The van der Waals surface area contributed by atoms with E-state index in [1.807, 2.05) is 12.1 Å². The third-order valence-corrected chi connectivity index (χ3v) is 6.62. The van der Waals surface area contributed by atoms with Gasteiger partial charge in [-0.25, -0.2) is 0 Å². The van der Waals surface area contributed by atoms with Crippen LogP contribution < -0.4 is 35.2 Å². The van der Waals surface area contributed by atoms with Crippen molar-refractivity contribution in [1.82, 2.24) is 0 Å². The van der Waals surface area contributed by atoms with E-state index in [-0.39, 0.29) is 56.4 Å². The summed E-state index contributed by atoms with van der Waals surface area (Å²) in [6, 6.07) is 43.1. The number of rotatable bonds is 3. The Morgan fingerprint density at radius 1 is 0.711 bits per heavy atom. The van der Waals surface area contributed by atoms with Crippen molar-refractivity contribution in [3.63, 3.8) is 0 Å². The summed E-state index contributed by atoms with van der Waals surface area (Å²) in [5, 5.41) is 5.46. The van der Waals surface area contributed by atoms with E-state index < -0.39 is 5.91 Å². The molecule has 0 aromatic heterocycles. The van der Waals surface area contributed by atoms with Crippen molar-refractivity contribution < 1.29 is 55.8 Å². The van der Waals surface area contributed by atoms with Gasteiger partial charge in [-0.3, -0.25) is 0 Å². The Kier molecular flexibility index (Phi) is 16.9. The summed E-state index contributed by atoms with van der Waals surface area (Å²) in [7, 11) is 0.777. The molecular weight excluding hydrogens is 605 g/mol. The first kappa shape index (κ1) is 35.6. The Labute approximate surface area is 261 Å². The molecule has 192 valence electrons. The molecule has 38 heavy (non-hydrogen) atoms. The maximum Gasteiger partial charge on any atom is 4.00 e. The largest absolute Gasteiger partial charge is 4.00 e. The van der Waals surface area contributed by atoms with Gasteiger partial charge in [0.1, 0.15) is 9.52 Å². The van der Waals surface area contributed by atoms with Crippen LogP contribution in [0.5, 0.6) is 0 Å². The van der Waals surface area contributed by atoms with Gasteiger partial charge in [0.05, 0.1) is 5.91 Å².